The molecule has 148 valence electrons. The third-order valence-corrected chi connectivity index (χ3v) is 5.21. The van der Waals surface area contributed by atoms with E-state index >= 15 is 0 Å². The van der Waals surface area contributed by atoms with Gasteiger partial charge in [0.25, 0.3) is 0 Å². The molecule has 2 fully saturated rings. The Labute approximate surface area is 158 Å². The molecular formula is C18H27N5O4. The molecule has 3 heterocycles. The summed E-state index contributed by atoms with van der Waals surface area (Å²) in [4.78, 5) is 39.7. The number of nitrogens with zero attached hydrogens (tertiary/aromatic N) is 4. The summed E-state index contributed by atoms with van der Waals surface area (Å²) < 4.78 is 1.68. The highest BCUT2D eigenvalue weighted by atomic mass is 16.4. The molecule has 2 N–H and O–H groups in total. The fourth-order valence-corrected chi connectivity index (χ4v) is 3.81. The van der Waals surface area contributed by atoms with Crippen LogP contribution in [-0.2, 0) is 4.79 Å². The lowest BCUT2D eigenvalue weighted by Crippen LogP contribution is -2.53. The van der Waals surface area contributed by atoms with E-state index in [0.717, 1.165) is 19.3 Å². The van der Waals surface area contributed by atoms with E-state index in [-0.39, 0.29) is 35.6 Å². The predicted molar refractivity (Wildman–Crippen MR) is 97.4 cm³/mol. The van der Waals surface area contributed by atoms with Gasteiger partial charge in [0.05, 0.1) is 17.8 Å². The van der Waals surface area contributed by atoms with Crippen LogP contribution < -0.4 is 5.32 Å². The molecule has 0 spiro atoms. The molecule has 2 aliphatic rings. The zero-order chi connectivity index (χ0) is 19.6. The lowest BCUT2D eigenvalue weighted by molar-refractivity contribution is -0.136. The SMILES string of the molecule is CC(C)NC(=O)N1CCC[C@H]1C(=O)N1CCC(n2cc(C(=O)O)cn2)CC1. The second-order valence-electron chi connectivity index (χ2n) is 7.53. The Balaban J connectivity index is 1.57. The van der Waals surface area contributed by atoms with Gasteiger partial charge in [-0.15, -0.1) is 0 Å². The Bertz CT molecular complexity index is 708. The highest BCUT2D eigenvalue weighted by Crippen LogP contribution is 2.26. The average Bonchev–Trinajstić information content (AvgIpc) is 3.30. The summed E-state index contributed by atoms with van der Waals surface area (Å²) in [6, 6.07) is -0.433. The minimum absolute atomic E-state index is 0.0107. The number of aromatic nitrogens is 2. The van der Waals surface area contributed by atoms with Crippen molar-refractivity contribution in [3.8, 4) is 0 Å². The Hall–Kier alpha value is -2.58. The largest absolute Gasteiger partial charge is 0.478 e. The van der Waals surface area contributed by atoms with E-state index in [1.807, 2.05) is 18.7 Å². The number of urea groups is 1. The van der Waals surface area contributed by atoms with Gasteiger partial charge >= 0.3 is 12.0 Å². The minimum Gasteiger partial charge on any atom is -0.478 e. The monoisotopic (exact) mass is 377 g/mol. The number of rotatable bonds is 4. The number of carbonyl (C=O) groups excluding carboxylic acids is 2. The summed E-state index contributed by atoms with van der Waals surface area (Å²) in [5, 5.41) is 16.0. The molecular weight excluding hydrogens is 350 g/mol. The number of carboxylic acid groups (broad SMARTS) is 1. The maximum absolute atomic E-state index is 12.9. The highest BCUT2D eigenvalue weighted by Gasteiger charge is 2.37. The molecule has 1 atom stereocenters. The molecule has 1 aromatic rings. The molecule has 2 saturated heterocycles. The third kappa shape index (κ3) is 4.23. The maximum atomic E-state index is 12.9. The predicted octanol–water partition coefficient (Wildman–Crippen LogP) is 1.33. The standard InChI is InChI=1S/C18H27N5O4/c1-12(2)20-18(27)22-7-3-4-15(22)16(24)21-8-5-14(6-9-21)23-11-13(10-19-23)17(25)26/h10-12,14-15H,3-9H2,1-2H3,(H,20,27)(H,25,26)/t15-/m0/s1. The van der Waals surface area contributed by atoms with Gasteiger partial charge in [-0.2, -0.15) is 5.10 Å². The lowest BCUT2D eigenvalue weighted by Gasteiger charge is -2.35. The Morgan fingerprint density at radius 3 is 2.48 bits per heavy atom. The summed E-state index contributed by atoms with van der Waals surface area (Å²) in [5.41, 5.74) is 0.172. The molecule has 0 bridgehead atoms. The van der Waals surface area contributed by atoms with Crippen molar-refractivity contribution in [2.75, 3.05) is 19.6 Å². The van der Waals surface area contributed by atoms with Crippen molar-refractivity contribution < 1.29 is 19.5 Å². The molecule has 27 heavy (non-hydrogen) atoms. The van der Waals surface area contributed by atoms with Gasteiger partial charge in [0, 0.05) is 31.9 Å². The van der Waals surface area contributed by atoms with Gasteiger partial charge in [-0.05, 0) is 39.5 Å². The number of likely N-dealkylation sites (tertiary alicyclic amines) is 2. The summed E-state index contributed by atoms with van der Waals surface area (Å²) in [7, 11) is 0. The van der Waals surface area contributed by atoms with Gasteiger partial charge in [0.2, 0.25) is 5.91 Å². The van der Waals surface area contributed by atoms with Gasteiger partial charge in [-0.1, -0.05) is 0 Å². The number of aromatic carboxylic acids is 1. The van der Waals surface area contributed by atoms with E-state index in [1.165, 1.54) is 6.20 Å². The number of hydrogen-bond donors (Lipinski definition) is 2. The van der Waals surface area contributed by atoms with Crippen LogP contribution in [-0.4, -0.2) is 74.3 Å². The van der Waals surface area contributed by atoms with Gasteiger partial charge in [0.1, 0.15) is 6.04 Å². The minimum atomic E-state index is -0.991. The van der Waals surface area contributed by atoms with E-state index in [2.05, 4.69) is 10.4 Å². The Kier molecular flexibility index (Phi) is 5.67. The van der Waals surface area contributed by atoms with E-state index in [1.54, 1.807) is 15.8 Å². The van der Waals surface area contributed by atoms with Crippen molar-refractivity contribution in [2.24, 2.45) is 0 Å². The number of carbonyl (C=O) groups is 3. The summed E-state index contributed by atoms with van der Waals surface area (Å²) in [5.74, 6) is -0.980. The van der Waals surface area contributed by atoms with Crippen molar-refractivity contribution >= 4 is 17.9 Å². The molecule has 0 aromatic carbocycles. The second-order valence-corrected chi connectivity index (χ2v) is 7.53. The quantitative estimate of drug-likeness (QED) is 0.823. The lowest BCUT2D eigenvalue weighted by atomic mass is 10.0. The zero-order valence-electron chi connectivity index (χ0n) is 15.8. The summed E-state index contributed by atoms with van der Waals surface area (Å²) >= 11 is 0. The molecule has 0 unspecified atom stereocenters. The van der Waals surface area contributed by atoms with Crippen LogP contribution in [0.4, 0.5) is 4.79 Å². The maximum Gasteiger partial charge on any atom is 0.338 e. The average molecular weight is 377 g/mol. The number of nitrogens with one attached hydrogen (secondary N) is 1. The van der Waals surface area contributed by atoms with Crippen LogP contribution in [0, 0.1) is 0 Å². The van der Waals surface area contributed by atoms with Crippen LogP contribution in [0.3, 0.4) is 0 Å². The number of hydrogen-bond acceptors (Lipinski definition) is 4. The summed E-state index contributed by atoms with van der Waals surface area (Å²) in [6.07, 6.45) is 5.87. The molecule has 2 aliphatic heterocycles. The number of piperidine rings is 1. The molecule has 0 aliphatic carbocycles. The third-order valence-electron chi connectivity index (χ3n) is 5.21. The first-order valence-electron chi connectivity index (χ1n) is 9.50. The molecule has 1 aromatic heterocycles. The van der Waals surface area contributed by atoms with Gasteiger partial charge in [-0.25, -0.2) is 9.59 Å². The molecule has 3 amide bonds. The molecule has 0 radical (unpaired) electrons. The van der Waals surface area contributed by atoms with Crippen LogP contribution in [0.2, 0.25) is 0 Å². The second kappa shape index (κ2) is 7.98. The van der Waals surface area contributed by atoms with Crippen molar-refractivity contribution in [2.45, 2.75) is 57.7 Å². The van der Waals surface area contributed by atoms with Gasteiger partial charge in [0.15, 0.2) is 0 Å². The van der Waals surface area contributed by atoms with Crippen molar-refractivity contribution in [3.63, 3.8) is 0 Å². The molecule has 9 heteroatoms. The Morgan fingerprint density at radius 1 is 1.19 bits per heavy atom. The van der Waals surface area contributed by atoms with Crippen molar-refractivity contribution in [1.82, 2.24) is 24.9 Å². The topological polar surface area (TPSA) is 108 Å². The summed E-state index contributed by atoms with van der Waals surface area (Å²) in [6.45, 7) is 5.59. The zero-order valence-corrected chi connectivity index (χ0v) is 15.8. The first-order chi connectivity index (χ1) is 12.9. The van der Waals surface area contributed by atoms with Crippen LogP contribution in [0.5, 0.6) is 0 Å². The van der Waals surface area contributed by atoms with E-state index < -0.39 is 5.97 Å². The van der Waals surface area contributed by atoms with Crippen LogP contribution in [0.1, 0.15) is 55.9 Å². The number of carboxylic acids is 1. The van der Waals surface area contributed by atoms with Crippen molar-refractivity contribution in [1.29, 1.82) is 0 Å². The Morgan fingerprint density at radius 2 is 1.89 bits per heavy atom. The van der Waals surface area contributed by atoms with Crippen molar-refractivity contribution in [3.05, 3.63) is 18.0 Å². The molecule has 3 rings (SSSR count). The highest BCUT2D eigenvalue weighted by molar-refractivity contribution is 5.88. The van der Waals surface area contributed by atoms with Crippen LogP contribution in [0.25, 0.3) is 0 Å². The van der Waals surface area contributed by atoms with Crippen LogP contribution >= 0.6 is 0 Å². The fraction of sp³-hybridized carbons (Fsp3) is 0.667. The molecule has 0 saturated carbocycles. The van der Waals surface area contributed by atoms with Gasteiger partial charge in [-0.3, -0.25) is 9.48 Å². The van der Waals surface area contributed by atoms with E-state index in [4.69, 9.17) is 5.11 Å². The van der Waals surface area contributed by atoms with E-state index in [0.29, 0.717) is 26.1 Å². The van der Waals surface area contributed by atoms with E-state index in [9.17, 15) is 14.4 Å². The first kappa shape index (κ1) is 19.2. The first-order valence-corrected chi connectivity index (χ1v) is 9.50. The fourth-order valence-electron chi connectivity index (χ4n) is 3.81. The molecule has 9 nitrogen and oxygen atoms in total. The van der Waals surface area contributed by atoms with Gasteiger partial charge < -0.3 is 20.2 Å². The normalized spacial score (nSPS) is 20.9. The number of amides is 3. The van der Waals surface area contributed by atoms with Crippen LogP contribution in [0.15, 0.2) is 12.4 Å². The smallest absolute Gasteiger partial charge is 0.338 e.